The van der Waals surface area contributed by atoms with Crippen LogP contribution in [0.4, 0.5) is 11.4 Å². The highest BCUT2D eigenvalue weighted by atomic mass is 32.2. The molecule has 10 nitrogen and oxygen atoms in total. The molecule has 0 radical (unpaired) electrons. The van der Waals surface area contributed by atoms with Crippen molar-refractivity contribution in [2.75, 3.05) is 49.6 Å². The number of rotatable bonds is 9. The molecule has 1 heterocycles. The molecular formula is C26H29N3O7S2. The van der Waals surface area contributed by atoms with E-state index < -0.39 is 32.5 Å². The summed E-state index contributed by atoms with van der Waals surface area (Å²) in [6.45, 7) is 2.35. The fourth-order valence-corrected chi connectivity index (χ4v) is 6.82. The molecule has 0 unspecified atom stereocenters. The molecule has 0 bridgehead atoms. The molecule has 1 fully saturated rings. The van der Waals surface area contributed by atoms with Crippen molar-refractivity contribution >= 4 is 37.3 Å². The monoisotopic (exact) mass is 559 g/mol. The number of methoxy groups -OCH3 is 1. The lowest BCUT2D eigenvalue weighted by Gasteiger charge is -2.26. The molecule has 4 rings (SSSR count). The summed E-state index contributed by atoms with van der Waals surface area (Å²) in [5.41, 5.74) is 1.34. The van der Waals surface area contributed by atoms with Gasteiger partial charge in [0.1, 0.15) is 12.3 Å². The summed E-state index contributed by atoms with van der Waals surface area (Å²) in [5, 5.41) is 2.63. The lowest BCUT2D eigenvalue weighted by atomic mass is 10.2. The van der Waals surface area contributed by atoms with E-state index in [9.17, 15) is 21.6 Å². The maximum Gasteiger partial charge on any atom is 0.264 e. The number of sulfonamides is 2. The number of ether oxygens (including phenoxy) is 2. The minimum Gasteiger partial charge on any atom is -0.495 e. The summed E-state index contributed by atoms with van der Waals surface area (Å²) >= 11 is 0. The molecule has 1 aliphatic rings. The van der Waals surface area contributed by atoms with Crippen LogP contribution in [0.15, 0.2) is 82.6 Å². The maximum absolute atomic E-state index is 13.5. The highest BCUT2D eigenvalue weighted by Gasteiger charge is 2.29. The highest BCUT2D eigenvalue weighted by molar-refractivity contribution is 7.92. The third kappa shape index (κ3) is 5.99. The molecule has 38 heavy (non-hydrogen) atoms. The molecule has 202 valence electrons. The van der Waals surface area contributed by atoms with Gasteiger partial charge in [-0.15, -0.1) is 0 Å². The standard InChI is InChI=1S/C26H29N3O7S2/c1-20-8-10-21(11-9-20)29(38(33,34)22-6-4-3-5-7-22)19-26(30)27-24-18-23(12-13-25(24)35-2)37(31,32)28-14-16-36-17-15-28/h3-13,18H,14-17,19H2,1-2H3,(H,27,30). The van der Waals surface area contributed by atoms with Gasteiger partial charge >= 0.3 is 0 Å². The van der Waals surface area contributed by atoms with Gasteiger partial charge in [0.25, 0.3) is 10.0 Å². The van der Waals surface area contributed by atoms with E-state index in [1.54, 1.807) is 42.5 Å². The van der Waals surface area contributed by atoms with Crippen LogP contribution in [-0.4, -0.2) is 67.0 Å². The number of anilines is 2. The maximum atomic E-state index is 13.5. The minimum atomic E-state index is -4.09. The summed E-state index contributed by atoms with van der Waals surface area (Å²) in [4.78, 5) is 13.2. The van der Waals surface area contributed by atoms with Crippen LogP contribution < -0.4 is 14.4 Å². The van der Waals surface area contributed by atoms with Crippen LogP contribution >= 0.6 is 0 Å². The average Bonchev–Trinajstić information content (AvgIpc) is 2.93. The van der Waals surface area contributed by atoms with Crippen LogP contribution in [0.1, 0.15) is 5.56 Å². The Hall–Kier alpha value is -3.45. The number of amides is 1. The second kappa shape index (κ2) is 11.5. The van der Waals surface area contributed by atoms with E-state index in [0.29, 0.717) is 18.9 Å². The van der Waals surface area contributed by atoms with Crippen molar-refractivity contribution in [2.24, 2.45) is 0 Å². The Labute approximate surface area is 222 Å². The van der Waals surface area contributed by atoms with Crippen molar-refractivity contribution in [3.8, 4) is 5.75 Å². The molecule has 0 spiro atoms. The molecular weight excluding hydrogens is 530 g/mol. The number of carbonyl (C=O) groups is 1. The molecule has 0 atom stereocenters. The molecule has 1 amide bonds. The van der Waals surface area contributed by atoms with E-state index in [4.69, 9.17) is 9.47 Å². The van der Waals surface area contributed by atoms with Crippen LogP contribution in [-0.2, 0) is 29.6 Å². The Morgan fingerprint density at radius 2 is 1.61 bits per heavy atom. The first-order valence-electron chi connectivity index (χ1n) is 11.8. The van der Waals surface area contributed by atoms with Crippen LogP contribution in [0.3, 0.4) is 0 Å². The van der Waals surface area contributed by atoms with Gasteiger partial charge < -0.3 is 14.8 Å². The highest BCUT2D eigenvalue weighted by Crippen LogP contribution is 2.30. The second-order valence-corrected chi connectivity index (χ2v) is 12.4. The van der Waals surface area contributed by atoms with Gasteiger partial charge in [-0.2, -0.15) is 4.31 Å². The quantitative estimate of drug-likeness (QED) is 0.428. The van der Waals surface area contributed by atoms with Crippen LogP contribution in [0.5, 0.6) is 5.75 Å². The smallest absolute Gasteiger partial charge is 0.264 e. The predicted octanol–water partition coefficient (Wildman–Crippen LogP) is 2.86. The number of carbonyl (C=O) groups excluding carboxylic acids is 1. The number of nitrogens with zero attached hydrogens (tertiary/aromatic N) is 2. The second-order valence-electron chi connectivity index (χ2n) is 8.59. The average molecular weight is 560 g/mol. The molecule has 0 aromatic heterocycles. The Balaban J connectivity index is 1.64. The van der Waals surface area contributed by atoms with E-state index in [1.165, 1.54) is 41.7 Å². The Morgan fingerprint density at radius 1 is 0.947 bits per heavy atom. The van der Waals surface area contributed by atoms with Crippen molar-refractivity contribution in [2.45, 2.75) is 16.7 Å². The van der Waals surface area contributed by atoms with Crippen molar-refractivity contribution in [3.63, 3.8) is 0 Å². The fraction of sp³-hybridized carbons (Fsp3) is 0.269. The summed E-state index contributed by atoms with van der Waals surface area (Å²) in [6.07, 6.45) is 0. The van der Waals surface area contributed by atoms with Gasteiger partial charge in [0.15, 0.2) is 0 Å². The van der Waals surface area contributed by atoms with Crippen molar-refractivity contribution in [1.29, 1.82) is 0 Å². The SMILES string of the molecule is COc1ccc(S(=O)(=O)N2CCOCC2)cc1NC(=O)CN(c1ccc(C)cc1)S(=O)(=O)c1ccccc1. The number of hydrogen-bond donors (Lipinski definition) is 1. The summed E-state index contributed by atoms with van der Waals surface area (Å²) < 4.78 is 66.2. The number of morpholine rings is 1. The van der Waals surface area contributed by atoms with E-state index in [-0.39, 0.29) is 34.3 Å². The largest absolute Gasteiger partial charge is 0.495 e. The zero-order chi connectivity index (χ0) is 27.3. The van der Waals surface area contributed by atoms with Crippen molar-refractivity contribution in [3.05, 3.63) is 78.4 Å². The number of aryl methyl sites for hydroxylation is 1. The van der Waals surface area contributed by atoms with Gasteiger partial charge in [-0.25, -0.2) is 16.8 Å². The zero-order valence-corrected chi connectivity index (χ0v) is 22.7. The first-order chi connectivity index (χ1) is 18.1. The molecule has 1 saturated heterocycles. The van der Waals surface area contributed by atoms with E-state index >= 15 is 0 Å². The number of nitrogens with one attached hydrogen (secondary N) is 1. The van der Waals surface area contributed by atoms with Gasteiger partial charge in [-0.3, -0.25) is 9.10 Å². The first-order valence-corrected chi connectivity index (χ1v) is 14.7. The lowest BCUT2D eigenvalue weighted by molar-refractivity contribution is -0.114. The summed E-state index contributed by atoms with van der Waals surface area (Å²) in [5.74, 6) is -0.448. The summed E-state index contributed by atoms with van der Waals surface area (Å²) in [6, 6.07) is 18.7. The molecule has 3 aromatic carbocycles. The molecule has 1 aliphatic heterocycles. The molecule has 0 saturated carbocycles. The van der Waals surface area contributed by atoms with Gasteiger partial charge in [0.05, 0.1) is 41.5 Å². The van der Waals surface area contributed by atoms with Crippen molar-refractivity contribution < 1.29 is 31.1 Å². The van der Waals surface area contributed by atoms with Crippen LogP contribution in [0, 0.1) is 6.92 Å². The third-order valence-electron chi connectivity index (χ3n) is 5.99. The van der Waals surface area contributed by atoms with E-state index in [2.05, 4.69) is 5.32 Å². The fourth-order valence-electron chi connectivity index (χ4n) is 3.95. The Morgan fingerprint density at radius 3 is 2.24 bits per heavy atom. The van der Waals surface area contributed by atoms with Gasteiger partial charge in [0, 0.05) is 13.1 Å². The number of hydrogen-bond acceptors (Lipinski definition) is 7. The number of benzene rings is 3. The molecule has 3 aromatic rings. The Bertz CT molecular complexity index is 1490. The van der Waals surface area contributed by atoms with Crippen LogP contribution in [0.25, 0.3) is 0 Å². The van der Waals surface area contributed by atoms with Gasteiger partial charge in [-0.1, -0.05) is 35.9 Å². The van der Waals surface area contributed by atoms with Gasteiger partial charge in [0.2, 0.25) is 15.9 Å². The topological polar surface area (TPSA) is 122 Å². The van der Waals surface area contributed by atoms with E-state index in [0.717, 1.165) is 9.87 Å². The molecule has 1 N–H and O–H groups in total. The van der Waals surface area contributed by atoms with Crippen molar-refractivity contribution in [1.82, 2.24) is 4.31 Å². The molecule has 0 aliphatic carbocycles. The first kappa shape index (κ1) is 27.6. The predicted molar refractivity (Wildman–Crippen MR) is 143 cm³/mol. The Kier molecular flexibility index (Phi) is 8.36. The molecule has 12 heteroatoms. The minimum absolute atomic E-state index is 0.0252. The zero-order valence-electron chi connectivity index (χ0n) is 21.0. The lowest BCUT2D eigenvalue weighted by Crippen LogP contribution is -2.40. The van der Waals surface area contributed by atoms with E-state index in [1.807, 2.05) is 6.92 Å². The normalized spacial score (nSPS) is 14.6. The third-order valence-corrected chi connectivity index (χ3v) is 9.68. The van der Waals surface area contributed by atoms with Gasteiger partial charge in [-0.05, 0) is 49.4 Å². The van der Waals surface area contributed by atoms with Crippen LogP contribution in [0.2, 0.25) is 0 Å². The summed E-state index contributed by atoms with van der Waals surface area (Å²) in [7, 11) is -6.54.